The Bertz CT molecular complexity index is 786. The topological polar surface area (TPSA) is 73.0 Å². The van der Waals surface area contributed by atoms with Gasteiger partial charge in [0.2, 0.25) is 5.82 Å². The van der Waals surface area contributed by atoms with Crippen molar-refractivity contribution in [2.75, 3.05) is 5.32 Å². The van der Waals surface area contributed by atoms with Gasteiger partial charge in [0.25, 0.3) is 0 Å². The third-order valence-corrected chi connectivity index (χ3v) is 4.03. The van der Waals surface area contributed by atoms with E-state index in [-0.39, 0.29) is 5.82 Å². The average Bonchev–Trinajstić information content (AvgIpc) is 3.00. The highest BCUT2D eigenvalue weighted by Crippen LogP contribution is 2.30. The molecule has 0 amide bonds. The summed E-state index contributed by atoms with van der Waals surface area (Å²) in [6, 6.07) is 8.66. The van der Waals surface area contributed by atoms with Crippen LogP contribution >= 0.6 is 50.7 Å². The van der Waals surface area contributed by atoms with Gasteiger partial charge in [0.15, 0.2) is 5.03 Å². The van der Waals surface area contributed by atoms with Crippen molar-refractivity contribution in [1.82, 2.24) is 9.78 Å². The van der Waals surface area contributed by atoms with Crippen molar-refractivity contribution in [3.63, 3.8) is 0 Å². The fourth-order valence-electron chi connectivity index (χ4n) is 1.69. The zero-order valence-corrected chi connectivity index (χ0v) is 15.1. The zero-order chi connectivity index (χ0) is 17.0. The molecule has 0 unspecified atom stereocenters. The Morgan fingerprint density at radius 1 is 1.30 bits per heavy atom. The van der Waals surface area contributed by atoms with E-state index in [0.717, 1.165) is 4.47 Å². The number of hydrogen-bond acceptors (Lipinski definition) is 4. The minimum absolute atomic E-state index is 0.00176. The lowest BCUT2D eigenvalue weighted by molar-refractivity contribution is -0.419. The molecule has 0 radical (unpaired) electrons. The quantitative estimate of drug-likeness (QED) is 0.403. The summed E-state index contributed by atoms with van der Waals surface area (Å²) in [5, 5.41) is 18.0. The van der Waals surface area contributed by atoms with Gasteiger partial charge in [-0.2, -0.15) is 5.10 Å². The van der Waals surface area contributed by atoms with Crippen LogP contribution in [-0.4, -0.2) is 14.7 Å². The van der Waals surface area contributed by atoms with Crippen molar-refractivity contribution in [2.24, 2.45) is 0 Å². The predicted octanol–water partition coefficient (Wildman–Crippen LogP) is 5.05. The lowest BCUT2D eigenvalue weighted by Gasteiger charge is -2.12. The van der Waals surface area contributed by atoms with Crippen molar-refractivity contribution in [2.45, 2.75) is 0 Å². The van der Waals surface area contributed by atoms with Crippen molar-refractivity contribution < 1.29 is 4.92 Å². The summed E-state index contributed by atoms with van der Waals surface area (Å²) in [7, 11) is 0. The van der Waals surface area contributed by atoms with Crippen molar-refractivity contribution in [3.8, 4) is 0 Å². The number of rotatable bonds is 5. The number of benzene rings is 1. The average molecular weight is 438 g/mol. The molecule has 0 atom stereocenters. The summed E-state index contributed by atoms with van der Waals surface area (Å²) < 4.78 is 1.64. The summed E-state index contributed by atoms with van der Waals surface area (Å²) in [5.74, 6) is 0.00176. The fraction of sp³-hybridized carbons (Fsp3) is 0. The van der Waals surface area contributed by atoms with Gasteiger partial charge in [-0.3, -0.25) is 10.1 Å². The highest BCUT2D eigenvalue weighted by Gasteiger charge is 2.27. The standard InChI is InChI=1S/C13H8BrCl3N4O2/c14-8-3-1-4-9(7-8)19-13(20-6-2-5-18-20)11(21(22)23)10(15)12(16)17/h1-7,19H. The van der Waals surface area contributed by atoms with E-state index in [9.17, 15) is 10.1 Å². The van der Waals surface area contributed by atoms with E-state index in [1.165, 1.54) is 17.1 Å². The summed E-state index contributed by atoms with van der Waals surface area (Å²) in [4.78, 5) is 10.8. The van der Waals surface area contributed by atoms with E-state index in [2.05, 4.69) is 26.3 Å². The van der Waals surface area contributed by atoms with Gasteiger partial charge in [-0.1, -0.05) is 56.8 Å². The summed E-state index contributed by atoms with van der Waals surface area (Å²) >= 11 is 20.5. The molecule has 6 nitrogen and oxygen atoms in total. The van der Waals surface area contributed by atoms with Gasteiger partial charge in [-0.15, -0.1) is 0 Å². The summed E-state index contributed by atoms with van der Waals surface area (Å²) in [5.41, 5.74) is 0.0785. The maximum Gasteiger partial charge on any atom is 0.332 e. The number of halogens is 4. The molecular formula is C13H8BrCl3N4O2. The molecule has 1 aromatic carbocycles. The van der Waals surface area contributed by atoms with E-state index >= 15 is 0 Å². The number of hydrogen-bond donors (Lipinski definition) is 1. The van der Waals surface area contributed by atoms with Crippen LogP contribution in [0.25, 0.3) is 5.82 Å². The van der Waals surface area contributed by atoms with Crippen LogP contribution in [0.5, 0.6) is 0 Å². The third-order valence-electron chi connectivity index (χ3n) is 2.60. The maximum absolute atomic E-state index is 11.5. The van der Waals surface area contributed by atoms with Crippen LogP contribution in [0.3, 0.4) is 0 Å². The number of allylic oxidation sites excluding steroid dienone is 1. The predicted molar refractivity (Wildman–Crippen MR) is 94.8 cm³/mol. The second kappa shape index (κ2) is 7.83. The van der Waals surface area contributed by atoms with E-state index in [4.69, 9.17) is 34.8 Å². The number of nitrogens with zero attached hydrogens (tertiary/aromatic N) is 3. The third kappa shape index (κ3) is 4.48. The normalized spacial score (nSPS) is 11.7. The Balaban J connectivity index is 2.64. The largest absolute Gasteiger partial charge is 0.334 e. The van der Waals surface area contributed by atoms with Gasteiger partial charge in [0.05, 0.1) is 4.92 Å². The first-order chi connectivity index (χ1) is 10.9. The fourth-order valence-corrected chi connectivity index (χ4v) is 2.43. The summed E-state index contributed by atoms with van der Waals surface area (Å²) in [6.45, 7) is 0. The maximum atomic E-state index is 11.5. The van der Waals surface area contributed by atoms with Gasteiger partial charge in [-0.25, -0.2) is 4.68 Å². The lowest BCUT2D eigenvalue weighted by Crippen LogP contribution is -2.15. The second-order valence-electron chi connectivity index (χ2n) is 4.11. The number of aromatic nitrogens is 2. The van der Waals surface area contributed by atoms with E-state index in [1.807, 2.05) is 6.07 Å². The highest BCUT2D eigenvalue weighted by atomic mass is 79.9. The Morgan fingerprint density at radius 3 is 2.57 bits per heavy atom. The van der Waals surface area contributed by atoms with Crippen LogP contribution in [-0.2, 0) is 0 Å². The van der Waals surface area contributed by atoms with Crippen LogP contribution in [0.15, 0.2) is 62.4 Å². The molecule has 0 aliphatic heterocycles. The molecule has 2 rings (SSSR count). The van der Waals surface area contributed by atoms with Gasteiger partial charge in [0, 0.05) is 22.6 Å². The van der Waals surface area contributed by atoms with Crippen LogP contribution in [0.4, 0.5) is 5.69 Å². The number of nitro groups is 1. The Labute approximate surface area is 154 Å². The zero-order valence-electron chi connectivity index (χ0n) is 11.2. The monoisotopic (exact) mass is 436 g/mol. The van der Waals surface area contributed by atoms with Gasteiger partial charge < -0.3 is 5.32 Å². The highest BCUT2D eigenvalue weighted by molar-refractivity contribution is 9.10. The first-order valence-electron chi connectivity index (χ1n) is 6.02. The molecule has 2 aromatic rings. The molecule has 0 aliphatic carbocycles. The first-order valence-corrected chi connectivity index (χ1v) is 7.95. The molecule has 23 heavy (non-hydrogen) atoms. The van der Waals surface area contributed by atoms with Crippen LogP contribution < -0.4 is 5.32 Å². The minimum Gasteiger partial charge on any atom is -0.334 e. The molecular weight excluding hydrogens is 430 g/mol. The van der Waals surface area contributed by atoms with E-state index in [0.29, 0.717) is 5.69 Å². The van der Waals surface area contributed by atoms with Crippen molar-refractivity contribution in [1.29, 1.82) is 0 Å². The van der Waals surface area contributed by atoms with Crippen molar-refractivity contribution in [3.05, 3.63) is 72.5 Å². The summed E-state index contributed by atoms with van der Waals surface area (Å²) in [6.07, 6.45) is 3.00. The molecule has 1 heterocycles. The van der Waals surface area contributed by atoms with Gasteiger partial charge >= 0.3 is 5.70 Å². The SMILES string of the molecule is O=[N+]([O-])C(C(Cl)=C(Cl)Cl)=C(Nc1cccc(Br)c1)n1cccn1. The molecule has 1 N–H and O–H groups in total. The second-order valence-corrected chi connectivity index (χ2v) is 6.36. The molecule has 0 saturated carbocycles. The molecule has 10 heteroatoms. The van der Waals surface area contributed by atoms with Crippen LogP contribution in [0, 0.1) is 10.1 Å². The molecule has 0 saturated heterocycles. The molecule has 1 aromatic heterocycles. The number of anilines is 1. The first kappa shape index (κ1) is 17.8. The van der Waals surface area contributed by atoms with E-state index < -0.39 is 20.1 Å². The number of nitrogens with one attached hydrogen (secondary N) is 1. The smallest absolute Gasteiger partial charge is 0.332 e. The van der Waals surface area contributed by atoms with Gasteiger partial charge in [0.1, 0.15) is 4.49 Å². The van der Waals surface area contributed by atoms with Crippen molar-refractivity contribution >= 4 is 62.2 Å². The van der Waals surface area contributed by atoms with Crippen LogP contribution in [0.1, 0.15) is 0 Å². The molecule has 0 bridgehead atoms. The molecule has 0 aliphatic rings. The molecule has 0 fully saturated rings. The Morgan fingerprint density at radius 2 is 2.04 bits per heavy atom. The Kier molecular flexibility index (Phi) is 6.06. The lowest BCUT2D eigenvalue weighted by atomic mass is 10.3. The minimum atomic E-state index is -0.685. The van der Waals surface area contributed by atoms with Crippen LogP contribution in [0.2, 0.25) is 0 Å². The van der Waals surface area contributed by atoms with Gasteiger partial charge in [-0.05, 0) is 24.3 Å². The Hall–Kier alpha value is -1.54. The molecule has 0 spiro atoms. The molecule has 120 valence electrons. The van der Waals surface area contributed by atoms with E-state index in [1.54, 1.807) is 24.3 Å².